The van der Waals surface area contributed by atoms with Crippen molar-refractivity contribution in [1.29, 1.82) is 0 Å². The molecule has 0 N–H and O–H groups in total. The van der Waals surface area contributed by atoms with Crippen molar-refractivity contribution in [3.05, 3.63) is 63.5 Å². The van der Waals surface area contributed by atoms with E-state index in [-0.39, 0.29) is 23.5 Å². The van der Waals surface area contributed by atoms with Gasteiger partial charge in [0.15, 0.2) is 5.70 Å². The number of amides is 1. The van der Waals surface area contributed by atoms with Gasteiger partial charge in [-0.05, 0) is 29.5 Å². The van der Waals surface area contributed by atoms with Gasteiger partial charge in [0.1, 0.15) is 11.9 Å². The first kappa shape index (κ1) is 23.7. The number of rotatable bonds is 4. The number of nitrogens with zero attached hydrogens (tertiary/aromatic N) is 3. The van der Waals surface area contributed by atoms with Gasteiger partial charge in [0.2, 0.25) is 0 Å². The lowest BCUT2D eigenvalue weighted by atomic mass is 9.69. The number of hydrogen-bond acceptors (Lipinski definition) is 10. The van der Waals surface area contributed by atoms with Crippen LogP contribution in [0.25, 0.3) is 0 Å². The second kappa shape index (κ2) is 8.59. The molecule has 4 heterocycles. The van der Waals surface area contributed by atoms with Gasteiger partial charge < -0.3 is 19.1 Å². The van der Waals surface area contributed by atoms with Crippen molar-refractivity contribution in [2.75, 3.05) is 33.3 Å². The first-order valence-corrected chi connectivity index (χ1v) is 12.0. The maximum absolute atomic E-state index is 13.8. The molecule has 1 spiro atoms. The van der Waals surface area contributed by atoms with Crippen molar-refractivity contribution in [2.45, 2.75) is 23.9 Å². The zero-order valence-corrected chi connectivity index (χ0v) is 20.8. The zero-order valence-electron chi connectivity index (χ0n) is 20.0. The summed E-state index contributed by atoms with van der Waals surface area (Å²) in [6, 6.07) is 9.00. The van der Waals surface area contributed by atoms with Crippen LogP contribution in [0.15, 0.2) is 58.0 Å². The summed E-state index contributed by atoms with van der Waals surface area (Å²) in [5, 5.41) is 1.76. The lowest BCUT2D eigenvalue weighted by Gasteiger charge is -2.39. The Morgan fingerprint density at radius 3 is 2.36 bits per heavy atom. The minimum Gasteiger partial charge on any atom is -0.467 e. The summed E-state index contributed by atoms with van der Waals surface area (Å²) >= 11 is 1.22. The number of carbonyl (C=O) groups is 4. The molecule has 3 aliphatic heterocycles. The predicted octanol–water partition coefficient (Wildman–Crippen LogP) is 1.90. The van der Waals surface area contributed by atoms with Crippen LogP contribution in [0, 0.1) is 0 Å². The highest BCUT2D eigenvalue weighted by molar-refractivity contribution is 7.12. The van der Waals surface area contributed by atoms with E-state index in [2.05, 4.69) is 4.99 Å². The molecule has 0 unspecified atom stereocenters. The van der Waals surface area contributed by atoms with Gasteiger partial charge >= 0.3 is 17.9 Å². The molecule has 3 aliphatic rings. The van der Waals surface area contributed by atoms with Crippen LogP contribution in [0.5, 0.6) is 0 Å². The summed E-state index contributed by atoms with van der Waals surface area (Å²) < 4.78 is 15.1. The zero-order chi connectivity index (χ0) is 25.8. The van der Waals surface area contributed by atoms with Crippen LogP contribution in [0.2, 0.25) is 0 Å². The van der Waals surface area contributed by atoms with Crippen LogP contribution in [-0.4, -0.2) is 75.0 Å². The number of esters is 3. The molecular weight excluding hydrogens is 486 g/mol. The fraction of sp³-hybridized carbons (Fsp3) is 0.320. The van der Waals surface area contributed by atoms with Gasteiger partial charge in [-0.15, -0.1) is 11.3 Å². The second-order valence-corrected chi connectivity index (χ2v) is 9.53. The third-order valence-corrected chi connectivity index (χ3v) is 7.89. The maximum atomic E-state index is 13.8. The topological polar surface area (TPSA) is 115 Å². The van der Waals surface area contributed by atoms with Crippen LogP contribution in [-0.2, 0) is 34.0 Å². The van der Waals surface area contributed by atoms with E-state index in [1.807, 2.05) is 29.2 Å². The molecular formula is C25H23N3O7S. The molecule has 1 amide bonds. The lowest BCUT2D eigenvalue weighted by Crippen LogP contribution is -2.55. The molecule has 10 nitrogen and oxygen atoms in total. The van der Waals surface area contributed by atoms with E-state index >= 15 is 0 Å². The Hall–Kier alpha value is -3.99. The van der Waals surface area contributed by atoms with Crippen molar-refractivity contribution >= 4 is 46.7 Å². The average molecular weight is 510 g/mol. The van der Waals surface area contributed by atoms with Gasteiger partial charge in [0.05, 0.1) is 43.2 Å². The van der Waals surface area contributed by atoms with Crippen molar-refractivity contribution in [3.63, 3.8) is 0 Å². The van der Waals surface area contributed by atoms with E-state index in [0.717, 1.165) is 11.3 Å². The molecule has 0 saturated carbocycles. The maximum Gasteiger partial charge on any atom is 0.357 e. The molecule has 3 atom stereocenters. The second-order valence-electron chi connectivity index (χ2n) is 8.58. The standard InChI is InChI=1S/C25H23N3O7S/c1-27-14-9-6-5-8-13(14)25-12-15(21(30)33-2)28(20(29)16-10-7-11-36-16)24(25)26-18(23(32)35-4)17(19(25)27)22(31)34-3/h5-11,15,19H,12H2,1-4H3/t15-,19-,25-/m0/s1. The molecule has 2 aromatic rings. The van der Waals surface area contributed by atoms with E-state index in [9.17, 15) is 19.2 Å². The molecule has 0 radical (unpaired) electrons. The van der Waals surface area contributed by atoms with Gasteiger partial charge in [-0.1, -0.05) is 24.3 Å². The highest BCUT2D eigenvalue weighted by atomic mass is 32.1. The Bertz CT molecular complexity index is 1350. The SMILES string of the molecule is COC(=O)C1=C(C(=O)OC)[C@@H]2N(C)c3ccccc3[C@@]23C[C@@H](C(=O)OC)N(C(=O)c2cccs2)C3=N1. The van der Waals surface area contributed by atoms with Gasteiger partial charge in [-0.3, -0.25) is 9.69 Å². The van der Waals surface area contributed by atoms with Gasteiger partial charge in [0, 0.05) is 12.7 Å². The Morgan fingerprint density at radius 2 is 1.72 bits per heavy atom. The number of anilines is 1. The average Bonchev–Trinajstić information content (AvgIpc) is 3.62. The molecule has 1 saturated heterocycles. The number of hydrogen-bond donors (Lipinski definition) is 0. The minimum atomic E-state index is -1.11. The number of fused-ring (bicyclic) bond motifs is 1. The number of carbonyl (C=O) groups excluding carboxylic acids is 4. The van der Waals surface area contributed by atoms with E-state index in [1.165, 1.54) is 37.6 Å². The number of amidine groups is 1. The summed E-state index contributed by atoms with van der Waals surface area (Å²) in [4.78, 5) is 61.1. The van der Waals surface area contributed by atoms with Crippen LogP contribution in [0.3, 0.4) is 0 Å². The van der Waals surface area contributed by atoms with Crippen molar-refractivity contribution in [2.24, 2.45) is 4.99 Å². The molecule has 0 bridgehead atoms. The monoisotopic (exact) mass is 509 g/mol. The Kier molecular flexibility index (Phi) is 5.67. The number of para-hydroxylation sites is 1. The predicted molar refractivity (Wildman–Crippen MR) is 130 cm³/mol. The van der Waals surface area contributed by atoms with Crippen molar-refractivity contribution in [1.82, 2.24) is 4.90 Å². The van der Waals surface area contributed by atoms with Crippen LogP contribution >= 0.6 is 11.3 Å². The number of likely N-dealkylation sites (tertiary alicyclic amines) is 1. The molecule has 36 heavy (non-hydrogen) atoms. The van der Waals surface area contributed by atoms with Crippen molar-refractivity contribution in [3.8, 4) is 0 Å². The first-order chi connectivity index (χ1) is 17.3. The molecule has 5 rings (SSSR count). The quantitative estimate of drug-likeness (QED) is 0.454. The van der Waals surface area contributed by atoms with E-state index < -0.39 is 41.3 Å². The lowest BCUT2D eigenvalue weighted by molar-refractivity contribution is -0.144. The fourth-order valence-corrected chi connectivity index (χ4v) is 6.29. The van der Waals surface area contributed by atoms with Gasteiger partial charge in [-0.2, -0.15) is 0 Å². The summed E-state index contributed by atoms with van der Waals surface area (Å²) in [7, 11) is 5.44. The number of methoxy groups -OCH3 is 3. The highest BCUT2D eigenvalue weighted by Gasteiger charge is 2.67. The van der Waals surface area contributed by atoms with Crippen LogP contribution < -0.4 is 4.90 Å². The number of ether oxygens (including phenoxy) is 3. The number of benzene rings is 1. The van der Waals surface area contributed by atoms with Crippen molar-refractivity contribution < 1.29 is 33.4 Å². The smallest absolute Gasteiger partial charge is 0.357 e. The third kappa shape index (κ3) is 3.05. The van der Waals surface area contributed by atoms with Crippen LogP contribution in [0.1, 0.15) is 21.7 Å². The molecule has 186 valence electrons. The summed E-state index contributed by atoms with van der Waals surface area (Å²) in [5.41, 5.74) is 0.168. The Balaban J connectivity index is 1.85. The van der Waals surface area contributed by atoms with E-state index in [1.54, 1.807) is 24.6 Å². The van der Waals surface area contributed by atoms with Gasteiger partial charge in [-0.25, -0.2) is 19.4 Å². The Labute approximate surface area is 210 Å². The highest BCUT2D eigenvalue weighted by Crippen LogP contribution is 2.57. The minimum absolute atomic E-state index is 0.000776. The molecule has 1 aromatic carbocycles. The fourth-order valence-electron chi connectivity index (χ4n) is 5.63. The van der Waals surface area contributed by atoms with E-state index in [4.69, 9.17) is 14.2 Å². The summed E-state index contributed by atoms with van der Waals surface area (Å²) in [6.07, 6.45) is 0.0938. The normalized spacial score (nSPS) is 23.9. The van der Waals surface area contributed by atoms with E-state index in [0.29, 0.717) is 4.88 Å². The number of aliphatic imine (C=N–C) groups is 1. The van der Waals surface area contributed by atoms with Gasteiger partial charge in [0.25, 0.3) is 5.91 Å². The molecule has 1 aromatic heterocycles. The molecule has 1 fully saturated rings. The van der Waals surface area contributed by atoms with Crippen LogP contribution in [0.4, 0.5) is 5.69 Å². The first-order valence-electron chi connectivity index (χ1n) is 11.1. The summed E-state index contributed by atoms with van der Waals surface area (Å²) in [6.45, 7) is 0. The number of thiophene rings is 1. The number of likely N-dealkylation sites (N-methyl/N-ethyl adjacent to an activating group) is 1. The largest absolute Gasteiger partial charge is 0.467 e. The third-order valence-electron chi connectivity index (χ3n) is 7.03. The Morgan fingerprint density at radius 1 is 1.00 bits per heavy atom. The molecule has 0 aliphatic carbocycles. The summed E-state index contributed by atoms with van der Waals surface area (Å²) in [5.74, 6) is -2.50. The molecule has 11 heteroatoms.